The molecule has 1 N–H and O–H groups in total. The van der Waals surface area contributed by atoms with Gasteiger partial charge in [-0.15, -0.1) is 23.2 Å². The lowest BCUT2D eigenvalue weighted by atomic mass is 10.1. The maximum atomic E-state index is 12.3. The Morgan fingerprint density at radius 1 is 1.00 bits per heavy atom. The van der Waals surface area contributed by atoms with E-state index in [9.17, 15) is 4.79 Å². The fourth-order valence-corrected chi connectivity index (χ4v) is 3.02. The first kappa shape index (κ1) is 20.4. The second-order valence-corrected chi connectivity index (χ2v) is 6.52. The highest BCUT2D eigenvalue weighted by Gasteiger charge is 2.08. The normalized spacial score (nSPS) is 10.4. The van der Waals surface area contributed by atoms with Crippen LogP contribution in [0.25, 0.3) is 0 Å². The minimum absolute atomic E-state index is 0.0775. The summed E-state index contributed by atoms with van der Waals surface area (Å²) < 4.78 is 5.14. The number of rotatable bonds is 10. The number of hydrogen-bond donors (Lipinski definition) is 1. The first-order chi connectivity index (χ1) is 12.7. The number of ether oxygens (including phenoxy) is 1. The zero-order valence-corrected chi connectivity index (χ0v) is 16.4. The van der Waals surface area contributed by atoms with E-state index in [-0.39, 0.29) is 5.91 Å². The zero-order valence-electron chi connectivity index (χ0n) is 14.9. The maximum absolute atomic E-state index is 12.3. The van der Waals surface area contributed by atoms with Gasteiger partial charge in [-0.3, -0.25) is 4.79 Å². The van der Waals surface area contributed by atoms with Crippen LogP contribution < -0.4 is 15.0 Å². The number of carbonyl (C=O) groups excluding carboxylic acids is 1. The Labute approximate surface area is 165 Å². The first-order valence-corrected chi connectivity index (χ1v) is 9.63. The van der Waals surface area contributed by atoms with Crippen molar-refractivity contribution in [1.29, 1.82) is 0 Å². The molecule has 0 aromatic heterocycles. The molecule has 0 aliphatic heterocycles. The van der Waals surface area contributed by atoms with Gasteiger partial charge in [0.2, 0.25) is 0 Å². The van der Waals surface area contributed by atoms with E-state index in [2.05, 4.69) is 10.2 Å². The van der Waals surface area contributed by atoms with Crippen molar-refractivity contribution < 1.29 is 9.53 Å². The third-order valence-electron chi connectivity index (χ3n) is 4.06. The fourth-order valence-electron chi connectivity index (χ4n) is 2.61. The lowest BCUT2D eigenvalue weighted by molar-refractivity contribution is 0.0954. The smallest absolute Gasteiger partial charge is 0.251 e. The molecule has 0 spiro atoms. The number of halogens is 2. The van der Waals surface area contributed by atoms with Gasteiger partial charge in [-0.1, -0.05) is 12.1 Å². The predicted octanol–water partition coefficient (Wildman–Crippen LogP) is 3.95. The average molecular weight is 395 g/mol. The van der Waals surface area contributed by atoms with E-state index in [1.165, 1.54) is 0 Å². The molecule has 0 aliphatic rings. The lowest BCUT2D eigenvalue weighted by Gasteiger charge is -2.22. The molecule has 0 saturated carbocycles. The van der Waals surface area contributed by atoms with Crippen LogP contribution in [0.4, 0.5) is 5.69 Å². The van der Waals surface area contributed by atoms with Gasteiger partial charge in [0, 0.05) is 42.6 Å². The Hall–Kier alpha value is -1.91. The number of nitrogens with zero attached hydrogens (tertiary/aromatic N) is 1. The van der Waals surface area contributed by atoms with E-state index in [1.807, 2.05) is 48.5 Å². The molecule has 0 aliphatic carbocycles. The van der Waals surface area contributed by atoms with Gasteiger partial charge in [-0.2, -0.15) is 0 Å². The highest BCUT2D eigenvalue weighted by Crippen LogP contribution is 2.16. The van der Waals surface area contributed by atoms with Crippen LogP contribution in [-0.2, 0) is 6.42 Å². The molecule has 6 heteroatoms. The van der Waals surface area contributed by atoms with Crippen molar-refractivity contribution in [2.24, 2.45) is 0 Å². The minimum Gasteiger partial charge on any atom is -0.497 e. The predicted molar refractivity (Wildman–Crippen MR) is 109 cm³/mol. The van der Waals surface area contributed by atoms with Gasteiger partial charge < -0.3 is 15.0 Å². The summed E-state index contributed by atoms with van der Waals surface area (Å²) in [4.78, 5) is 14.4. The molecule has 0 heterocycles. The summed E-state index contributed by atoms with van der Waals surface area (Å²) >= 11 is 11.7. The summed E-state index contributed by atoms with van der Waals surface area (Å²) in [7, 11) is 1.64. The second-order valence-electron chi connectivity index (χ2n) is 5.77. The molecule has 0 fully saturated rings. The Bertz CT molecular complexity index is 669. The van der Waals surface area contributed by atoms with E-state index in [4.69, 9.17) is 27.9 Å². The SMILES string of the molecule is COc1ccc(CCNC(=O)c2ccc(N(CCCl)CCCl)cc2)cc1. The summed E-state index contributed by atoms with van der Waals surface area (Å²) in [6.45, 7) is 2.03. The molecule has 26 heavy (non-hydrogen) atoms. The van der Waals surface area contributed by atoms with E-state index in [1.54, 1.807) is 7.11 Å². The summed E-state index contributed by atoms with van der Waals surface area (Å²) in [6, 6.07) is 15.4. The summed E-state index contributed by atoms with van der Waals surface area (Å²) in [5.41, 5.74) is 2.81. The monoisotopic (exact) mass is 394 g/mol. The van der Waals surface area contributed by atoms with Gasteiger partial charge in [-0.05, 0) is 48.4 Å². The molecule has 0 saturated heterocycles. The van der Waals surface area contributed by atoms with Crippen LogP contribution in [-0.4, -0.2) is 44.4 Å². The van der Waals surface area contributed by atoms with Crippen LogP contribution in [0.2, 0.25) is 0 Å². The highest BCUT2D eigenvalue weighted by molar-refractivity contribution is 6.18. The van der Waals surface area contributed by atoms with Crippen LogP contribution in [0.15, 0.2) is 48.5 Å². The van der Waals surface area contributed by atoms with Gasteiger partial charge in [0.05, 0.1) is 7.11 Å². The third kappa shape index (κ3) is 6.11. The number of benzene rings is 2. The molecule has 0 radical (unpaired) electrons. The van der Waals surface area contributed by atoms with Crippen LogP contribution >= 0.6 is 23.2 Å². The highest BCUT2D eigenvalue weighted by atomic mass is 35.5. The van der Waals surface area contributed by atoms with Crippen molar-refractivity contribution >= 4 is 34.8 Å². The van der Waals surface area contributed by atoms with Crippen LogP contribution in [0, 0.1) is 0 Å². The van der Waals surface area contributed by atoms with E-state index < -0.39 is 0 Å². The van der Waals surface area contributed by atoms with Crippen molar-refractivity contribution in [3.63, 3.8) is 0 Å². The molecule has 4 nitrogen and oxygen atoms in total. The first-order valence-electron chi connectivity index (χ1n) is 8.56. The standard InChI is InChI=1S/C20H24Cl2N2O2/c1-26-19-8-2-16(3-9-19)10-13-23-20(25)17-4-6-18(7-5-17)24(14-11-21)15-12-22/h2-9H,10-15H2,1H3,(H,23,25). The van der Waals surface area contributed by atoms with Gasteiger partial charge in [-0.25, -0.2) is 0 Å². The minimum atomic E-state index is -0.0775. The quantitative estimate of drug-likeness (QED) is 0.620. The Morgan fingerprint density at radius 2 is 1.62 bits per heavy atom. The number of hydrogen-bond acceptors (Lipinski definition) is 3. The van der Waals surface area contributed by atoms with Crippen LogP contribution in [0.1, 0.15) is 15.9 Å². The average Bonchev–Trinajstić information content (AvgIpc) is 2.68. The molecular formula is C20H24Cl2N2O2. The van der Waals surface area contributed by atoms with E-state index in [0.29, 0.717) is 23.9 Å². The van der Waals surface area contributed by atoms with Crippen molar-refractivity contribution in [1.82, 2.24) is 5.32 Å². The fraction of sp³-hybridized carbons (Fsp3) is 0.350. The number of anilines is 1. The third-order valence-corrected chi connectivity index (χ3v) is 4.40. The second kappa shape index (κ2) is 10.9. The van der Waals surface area contributed by atoms with Crippen molar-refractivity contribution in [2.45, 2.75) is 6.42 Å². The van der Waals surface area contributed by atoms with Gasteiger partial charge in [0.25, 0.3) is 5.91 Å². The Morgan fingerprint density at radius 3 is 2.15 bits per heavy atom. The van der Waals surface area contributed by atoms with Gasteiger partial charge in [0.1, 0.15) is 5.75 Å². The number of carbonyl (C=O) groups is 1. The summed E-state index contributed by atoms with van der Waals surface area (Å²) in [5, 5.41) is 2.95. The van der Waals surface area contributed by atoms with Crippen molar-refractivity contribution in [3.05, 3.63) is 59.7 Å². The van der Waals surface area contributed by atoms with E-state index >= 15 is 0 Å². The van der Waals surface area contributed by atoms with E-state index in [0.717, 1.165) is 36.5 Å². The molecule has 2 rings (SSSR count). The van der Waals surface area contributed by atoms with Crippen molar-refractivity contribution in [2.75, 3.05) is 43.4 Å². The number of nitrogens with one attached hydrogen (secondary N) is 1. The molecule has 0 bridgehead atoms. The molecule has 0 unspecified atom stereocenters. The lowest BCUT2D eigenvalue weighted by Crippen LogP contribution is -2.28. The maximum Gasteiger partial charge on any atom is 0.251 e. The molecule has 2 aromatic rings. The largest absolute Gasteiger partial charge is 0.497 e. The number of alkyl halides is 2. The topological polar surface area (TPSA) is 41.6 Å². The van der Waals surface area contributed by atoms with Crippen molar-refractivity contribution in [3.8, 4) is 5.75 Å². The number of amides is 1. The summed E-state index contributed by atoms with van der Waals surface area (Å²) in [6.07, 6.45) is 0.771. The molecule has 1 amide bonds. The van der Waals surface area contributed by atoms with Gasteiger partial charge in [0.15, 0.2) is 0 Å². The van der Waals surface area contributed by atoms with Crippen LogP contribution in [0.5, 0.6) is 5.75 Å². The zero-order chi connectivity index (χ0) is 18.8. The molecule has 2 aromatic carbocycles. The molecule has 0 atom stereocenters. The molecular weight excluding hydrogens is 371 g/mol. The van der Waals surface area contributed by atoms with Crippen LogP contribution in [0.3, 0.4) is 0 Å². The van der Waals surface area contributed by atoms with Gasteiger partial charge >= 0.3 is 0 Å². The molecule has 140 valence electrons. The summed E-state index contributed by atoms with van der Waals surface area (Å²) in [5.74, 6) is 1.82. The Balaban J connectivity index is 1.86. The number of methoxy groups -OCH3 is 1. The Kier molecular flexibility index (Phi) is 8.59.